The molecule has 9 heteroatoms. The minimum atomic E-state index is -2.24. The van der Waals surface area contributed by atoms with Crippen molar-refractivity contribution < 1.29 is 29.6 Å². The lowest BCUT2D eigenvalue weighted by atomic mass is 9.84. The van der Waals surface area contributed by atoms with Crippen molar-refractivity contribution >= 4 is 17.5 Å². The summed E-state index contributed by atoms with van der Waals surface area (Å²) in [7, 11) is 0. The first kappa shape index (κ1) is 19.3. The molecule has 3 fully saturated rings. The first-order valence-electron chi connectivity index (χ1n) is 8.50. The molecule has 3 aliphatic heterocycles. The van der Waals surface area contributed by atoms with Crippen molar-refractivity contribution in [1.29, 1.82) is 0 Å². The smallest absolute Gasteiger partial charge is 0.278 e. The Balaban J connectivity index is 2.02. The normalized spacial score (nSPS) is 31.2. The predicted octanol–water partition coefficient (Wildman–Crippen LogP) is -1.18. The lowest BCUT2D eigenvalue weighted by molar-refractivity contribution is -0.222. The van der Waals surface area contributed by atoms with Crippen LogP contribution in [-0.4, -0.2) is 63.4 Å². The maximum atomic E-state index is 13.1. The summed E-state index contributed by atoms with van der Waals surface area (Å²) in [6.07, 6.45) is -1.71. The van der Waals surface area contributed by atoms with Gasteiger partial charge in [-0.1, -0.05) is 24.8 Å². The Kier molecular flexibility index (Phi) is 4.73. The highest BCUT2D eigenvalue weighted by atomic mass is 16.5. The van der Waals surface area contributed by atoms with Gasteiger partial charge < -0.3 is 36.0 Å². The van der Waals surface area contributed by atoms with Crippen molar-refractivity contribution in [2.75, 3.05) is 18.5 Å². The zero-order valence-electron chi connectivity index (χ0n) is 14.9. The standard InChI is InChI=1S/C18H23N3O6/c1-11-8-9-27-18(13(23)16(2,26)10-22)15(25)20-17(11,14(24)21-18)19-12-6-4-3-5-7-12/h3-7,13,19,22-23,26H,1,8-10H2,2H3,(H,20,25)(H,21,24)/t13-,16-,17-,18-/m0/s1. The molecule has 3 heterocycles. The van der Waals surface area contributed by atoms with Gasteiger partial charge in [0.1, 0.15) is 11.7 Å². The highest BCUT2D eigenvalue weighted by Crippen LogP contribution is 2.34. The molecule has 2 bridgehead atoms. The predicted molar refractivity (Wildman–Crippen MR) is 95.2 cm³/mol. The highest BCUT2D eigenvalue weighted by Gasteiger charge is 2.63. The van der Waals surface area contributed by atoms with Crippen LogP contribution in [-0.2, 0) is 14.3 Å². The number of rotatable bonds is 5. The maximum absolute atomic E-state index is 13.1. The molecule has 0 radical (unpaired) electrons. The van der Waals surface area contributed by atoms with Crippen LogP contribution < -0.4 is 16.0 Å². The Labute approximate surface area is 156 Å². The van der Waals surface area contributed by atoms with Gasteiger partial charge in [-0.15, -0.1) is 0 Å². The first-order chi connectivity index (χ1) is 12.7. The van der Waals surface area contributed by atoms with Crippen LogP contribution in [0.3, 0.4) is 0 Å². The molecule has 27 heavy (non-hydrogen) atoms. The molecule has 1 aromatic rings. The number of carbonyl (C=O) groups is 2. The summed E-state index contributed by atoms with van der Waals surface area (Å²) < 4.78 is 5.50. The van der Waals surface area contributed by atoms with Crippen LogP contribution >= 0.6 is 0 Å². The zero-order chi connectivity index (χ0) is 19.9. The SMILES string of the molecule is C=C1CCO[C@]2([C@@H](O)[C@@](C)(O)CO)NC(=O)[C@@]1(Nc1ccccc1)NC2=O. The lowest BCUT2D eigenvalue weighted by Crippen LogP contribution is -2.84. The topological polar surface area (TPSA) is 140 Å². The van der Waals surface area contributed by atoms with E-state index in [2.05, 4.69) is 22.5 Å². The van der Waals surface area contributed by atoms with Gasteiger partial charge >= 0.3 is 0 Å². The van der Waals surface area contributed by atoms with Gasteiger partial charge in [0, 0.05) is 5.69 Å². The van der Waals surface area contributed by atoms with Gasteiger partial charge in [0.25, 0.3) is 17.5 Å². The number of nitrogens with one attached hydrogen (secondary N) is 3. The Hall–Kier alpha value is -2.46. The molecule has 0 aromatic heterocycles. The Morgan fingerprint density at radius 1 is 1.30 bits per heavy atom. The Morgan fingerprint density at radius 3 is 2.59 bits per heavy atom. The Bertz CT molecular complexity index is 768. The van der Waals surface area contributed by atoms with E-state index in [4.69, 9.17) is 4.74 Å². The summed E-state index contributed by atoms with van der Waals surface area (Å²) in [5.74, 6) is -1.57. The summed E-state index contributed by atoms with van der Waals surface area (Å²) in [6, 6.07) is 8.79. The zero-order valence-corrected chi connectivity index (χ0v) is 14.9. The fourth-order valence-electron chi connectivity index (χ4n) is 3.22. The number of aliphatic hydroxyl groups is 3. The number of para-hydroxylation sites is 1. The molecule has 0 spiro atoms. The summed E-state index contributed by atoms with van der Waals surface area (Å²) in [5.41, 5.74) is -5.03. The number of carbonyl (C=O) groups excluding carboxylic acids is 2. The van der Waals surface area contributed by atoms with E-state index in [1.807, 2.05) is 6.07 Å². The molecule has 9 nitrogen and oxygen atoms in total. The van der Waals surface area contributed by atoms with E-state index in [1.165, 1.54) is 0 Å². The van der Waals surface area contributed by atoms with E-state index in [0.717, 1.165) is 6.92 Å². The molecule has 3 saturated heterocycles. The van der Waals surface area contributed by atoms with E-state index >= 15 is 0 Å². The first-order valence-corrected chi connectivity index (χ1v) is 8.50. The third-order valence-electron chi connectivity index (χ3n) is 4.94. The van der Waals surface area contributed by atoms with Crippen molar-refractivity contribution in [3.63, 3.8) is 0 Å². The number of benzene rings is 1. The van der Waals surface area contributed by atoms with Gasteiger partial charge in [0.15, 0.2) is 0 Å². The van der Waals surface area contributed by atoms with Crippen molar-refractivity contribution in [2.45, 2.75) is 36.4 Å². The number of fused-ring (bicyclic) bond motifs is 5. The van der Waals surface area contributed by atoms with Gasteiger partial charge in [0.05, 0.1) is 13.2 Å². The van der Waals surface area contributed by atoms with Crippen LogP contribution in [0.25, 0.3) is 0 Å². The molecule has 146 valence electrons. The number of amides is 2. The largest absolute Gasteiger partial charge is 0.393 e. The van der Waals surface area contributed by atoms with Gasteiger partial charge in [-0.05, 0) is 31.1 Å². The van der Waals surface area contributed by atoms with Crippen molar-refractivity contribution in [3.8, 4) is 0 Å². The summed E-state index contributed by atoms with van der Waals surface area (Å²) in [4.78, 5) is 26.0. The van der Waals surface area contributed by atoms with Crippen LogP contribution in [0.1, 0.15) is 13.3 Å². The fourth-order valence-corrected chi connectivity index (χ4v) is 3.22. The molecule has 0 aliphatic carbocycles. The van der Waals surface area contributed by atoms with Crippen LogP contribution in [0.15, 0.2) is 42.5 Å². The van der Waals surface area contributed by atoms with Gasteiger partial charge in [-0.2, -0.15) is 0 Å². The molecule has 2 amide bonds. The van der Waals surface area contributed by atoms with E-state index in [9.17, 15) is 24.9 Å². The molecule has 1 aromatic carbocycles. The number of aliphatic hydroxyl groups excluding tert-OH is 2. The second-order valence-electron chi connectivity index (χ2n) is 7.00. The average molecular weight is 377 g/mol. The second-order valence-corrected chi connectivity index (χ2v) is 7.00. The molecule has 4 atom stereocenters. The molecular weight excluding hydrogens is 354 g/mol. The molecule has 0 saturated carbocycles. The number of ether oxygens (including phenoxy) is 1. The van der Waals surface area contributed by atoms with Crippen LogP contribution in [0.5, 0.6) is 0 Å². The molecule has 4 rings (SSSR count). The summed E-state index contributed by atoms with van der Waals surface area (Å²) in [6.45, 7) is 4.16. The molecule has 3 aliphatic rings. The van der Waals surface area contributed by atoms with E-state index in [-0.39, 0.29) is 13.0 Å². The molecule has 6 N–H and O–H groups in total. The monoisotopic (exact) mass is 377 g/mol. The third kappa shape index (κ3) is 2.98. The maximum Gasteiger partial charge on any atom is 0.278 e. The van der Waals surface area contributed by atoms with Crippen LogP contribution in [0.4, 0.5) is 5.69 Å². The van der Waals surface area contributed by atoms with E-state index in [1.54, 1.807) is 24.3 Å². The summed E-state index contributed by atoms with van der Waals surface area (Å²) >= 11 is 0. The fraction of sp³-hybridized carbons (Fsp3) is 0.444. The molecule has 0 unspecified atom stereocenters. The number of hydrogen-bond donors (Lipinski definition) is 6. The lowest BCUT2D eigenvalue weighted by Gasteiger charge is -2.51. The van der Waals surface area contributed by atoms with Gasteiger partial charge in [-0.3, -0.25) is 9.59 Å². The van der Waals surface area contributed by atoms with Gasteiger partial charge in [0.2, 0.25) is 5.66 Å². The Morgan fingerprint density at radius 2 is 1.96 bits per heavy atom. The average Bonchev–Trinajstić information content (AvgIpc) is 2.64. The number of piperazine rings is 1. The minimum absolute atomic E-state index is 0.0384. The summed E-state index contributed by atoms with van der Waals surface area (Å²) in [5, 5.41) is 38.1. The molecular formula is C18H23N3O6. The number of hydrogen-bond acceptors (Lipinski definition) is 7. The van der Waals surface area contributed by atoms with Crippen LogP contribution in [0, 0.1) is 0 Å². The highest BCUT2D eigenvalue weighted by molar-refractivity contribution is 6.05. The van der Waals surface area contributed by atoms with Crippen LogP contribution in [0.2, 0.25) is 0 Å². The van der Waals surface area contributed by atoms with Crippen molar-refractivity contribution in [3.05, 3.63) is 42.5 Å². The minimum Gasteiger partial charge on any atom is -0.393 e. The quantitative estimate of drug-likeness (QED) is 0.355. The van der Waals surface area contributed by atoms with Crippen molar-refractivity contribution in [2.24, 2.45) is 0 Å². The van der Waals surface area contributed by atoms with E-state index < -0.39 is 41.5 Å². The second kappa shape index (κ2) is 6.61. The third-order valence-corrected chi connectivity index (χ3v) is 4.94. The van der Waals surface area contributed by atoms with Gasteiger partial charge in [-0.25, -0.2) is 0 Å². The van der Waals surface area contributed by atoms with Crippen molar-refractivity contribution in [1.82, 2.24) is 10.6 Å². The van der Waals surface area contributed by atoms with E-state index in [0.29, 0.717) is 11.3 Å². The number of anilines is 1.